The van der Waals surface area contributed by atoms with E-state index >= 15 is 0 Å². The van der Waals surface area contributed by atoms with Gasteiger partial charge in [-0.3, -0.25) is 57.5 Å². The van der Waals surface area contributed by atoms with Crippen LogP contribution < -0.4 is 70.8 Å². The molecule has 24 N–H and O–H groups in total. The number of phenols is 1. The zero-order valence-electron chi connectivity index (χ0n) is 45.5. The molecule has 0 spiro atoms. The Balaban J connectivity index is 2.42. The Kier molecular flexibility index (Phi) is 30.3. The monoisotopic (exact) mass is 1180 g/mol. The number of hydrogen-bond donors (Lipinski definition) is 20. The normalized spacial score (nSPS) is 14.7. The van der Waals surface area contributed by atoms with E-state index in [0.29, 0.717) is 19.4 Å². The Morgan fingerprint density at radius 1 is 0.530 bits per heavy atom. The molecule has 2 rings (SSSR count). The Morgan fingerprint density at radius 3 is 1.37 bits per heavy atom. The number of nitrogens with zero attached hydrogens (tertiary/aromatic N) is 1. The lowest BCUT2D eigenvalue weighted by atomic mass is 10.0. The molecule has 83 heavy (non-hydrogen) atoms. The van der Waals surface area contributed by atoms with Crippen LogP contribution in [0.25, 0.3) is 0 Å². The van der Waals surface area contributed by atoms with Crippen LogP contribution in [0.15, 0.2) is 36.8 Å². The van der Waals surface area contributed by atoms with Gasteiger partial charge < -0.3 is 106 Å². The first-order valence-electron chi connectivity index (χ1n) is 25.9. The summed E-state index contributed by atoms with van der Waals surface area (Å²) in [4.78, 5) is 176. The van der Waals surface area contributed by atoms with Gasteiger partial charge in [-0.25, -0.2) is 9.78 Å². The number of H-pyrrole nitrogens is 1. The van der Waals surface area contributed by atoms with Crippen molar-refractivity contribution < 1.29 is 93.0 Å². The van der Waals surface area contributed by atoms with Gasteiger partial charge in [0.15, 0.2) is 0 Å². The molecule has 0 saturated heterocycles. The lowest BCUT2D eigenvalue weighted by Gasteiger charge is -2.27. The van der Waals surface area contributed by atoms with Gasteiger partial charge in [0.1, 0.15) is 60.1 Å². The average Bonchev–Trinajstić information content (AvgIpc) is 3.96. The number of phenolic OH excluding ortho intramolecular Hbond substituents is 1. The van der Waals surface area contributed by atoms with E-state index in [1.165, 1.54) is 50.6 Å². The number of rotatable bonds is 39. The molecule has 34 nitrogen and oxygen atoms in total. The first-order chi connectivity index (χ1) is 39.1. The van der Waals surface area contributed by atoms with Gasteiger partial charge in [0.2, 0.25) is 65.0 Å². The molecule has 0 aliphatic heterocycles. The lowest BCUT2D eigenvalue weighted by molar-refractivity contribution is -0.144. The highest BCUT2D eigenvalue weighted by atomic mass is 16.4. The molecule has 1 aromatic heterocycles. The predicted molar refractivity (Wildman–Crippen MR) is 285 cm³/mol. The SMILES string of the molecule is CC(C)[C@H](NC(=O)[C@H](CCC(=O)O)NC(=O)[C@H](CO)NC(=O)[C@H](Cc1ccc(O)cc1)NC(=O)[C@H](CO)NC(=O)[C@H](CCC(N)=O)NC(=O)[C@H](Cc1cnc[nH]1)NC(=O)[C@H](CO)NC(=O)[C@H](CC(N)=O)NC(=O)[C@@H](N)CCCCN)C(=O)O. The van der Waals surface area contributed by atoms with Crippen LogP contribution in [-0.2, 0) is 75.2 Å². The van der Waals surface area contributed by atoms with Crippen LogP contribution >= 0.6 is 0 Å². The second kappa shape index (κ2) is 35.8. The number of amides is 11. The van der Waals surface area contributed by atoms with E-state index in [9.17, 15) is 93.0 Å². The molecule has 0 aliphatic carbocycles. The lowest BCUT2D eigenvalue weighted by Crippen LogP contribution is -2.62. The summed E-state index contributed by atoms with van der Waals surface area (Å²) in [6, 6.07) is -12.0. The van der Waals surface area contributed by atoms with Crippen molar-refractivity contribution in [2.24, 2.45) is 28.9 Å². The number of aromatic amines is 1. The van der Waals surface area contributed by atoms with Gasteiger partial charge in [0, 0.05) is 37.6 Å². The largest absolute Gasteiger partial charge is 0.508 e. The van der Waals surface area contributed by atoms with Gasteiger partial charge in [-0.15, -0.1) is 0 Å². The van der Waals surface area contributed by atoms with Crippen LogP contribution in [0.3, 0.4) is 0 Å². The maximum Gasteiger partial charge on any atom is 0.326 e. The van der Waals surface area contributed by atoms with Crippen LogP contribution in [0.2, 0.25) is 0 Å². The molecule has 34 heteroatoms. The van der Waals surface area contributed by atoms with E-state index in [-0.39, 0.29) is 23.4 Å². The molecule has 460 valence electrons. The van der Waals surface area contributed by atoms with Crippen LogP contribution in [0.1, 0.15) is 76.5 Å². The number of carboxylic acid groups (broad SMARTS) is 2. The van der Waals surface area contributed by atoms with Gasteiger partial charge in [-0.2, -0.15) is 0 Å². The highest BCUT2D eigenvalue weighted by Crippen LogP contribution is 2.13. The number of nitrogens with two attached hydrogens (primary N) is 4. The molecule has 0 aliphatic rings. The fourth-order valence-electron chi connectivity index (χ4n) is 7.58. The maximum absolute atomic E-state index is 14.1. The van der Waals surface area contributed by atoms with Crippen molar-refractivity contribution in [2.75, 3.05) is 26.4 Å². The van der Waals surface area contributed by atoms with E-state index in [0.717, 1.165) is 0 Å². The van der Waals surface area contributed by atoms with Gasteiger partial charge in [0.05, 0.1) is 38.6 Å². The average molecular weight is 1180 g/mol. The van der Waals surface area contributed by atoms with Gasteiger partial charge in [-0.1, -0.05) is 32.4 Å². The molecule has 0 saturated carbocycles. The summed E-state index contributed by atoms with van der Waals surface area (Å²) in [5.41, 5.74) is 22.5. The fourth-order valence-corrected chi connectivity index (χ4v) is 7.58. The minimum atomic E-state index is -1.99. The van der Waals surface area contributed by atoms with Crippen molar-refractivity contribution in [1.29, 1.82) is 0 Å². The van der Waals surface area contributed by atoms with Gasteiger partial charge >= 0.3 is 11.9 Å². The predicted octanol–water partition coefficient (Wildman–Crippen LogP) is -8.56. The topological polar surface area (TPSA) is 584 Å². The zero-order valence-corrected chi connectivity index (χ0v) is 45.5. The molecule has 0 fully saturated rings. The highest BCUT2D eigenvalue weighted by molar-refractivity contribution is 5.99. The molecule has 10 atom stereocenters. The van der Waals surface area contributed by atoms with Crippen molar-refractivity contribution in [3.05, 3.63) is 48.0 Å². The first-order valence-corrected chi connectivity index (χ1v) is 25.9. The van der Waals surface area contributed by atoms with Crippen molar-refractivity contribution in [3.8, 4) is 5.75 Å². The zero-order chi connectivity index (χ0) is 62.5. The number of aromatic hydroxyl groups is 1. The fraction of sp³-hybridized carbons (Fsp3) is 0.551. The molecular weight excluding hydrogens is 1100 g/mol. The summed E-state index contributed by atoms with van der Waals surface area (Å²) < 4.78 is 0. The highest BCUT2D eigenvalue weighted by Gasteiger charge is 2.36. The molecular formula is C49H75N15O19. The summed E-state index contributed by atoms with van der Waals surface area (Å²) >= 11 is 0. The van der Waals surface area contributed by atoms with Crippen molar-refractivity contribution in [3.63, 3.8) is 0 Å². The van der Waals surface area contributed by atoms with Gasteiger partial charge in [0.25, 0.3) is 0 Å². The summed E-state index contributed by atoms with van der Waals surface area (Å²) in [5.74, 6) is -16.3. The second-order valence-electron chi connectivity index (χ2n) is 19.3. The smallest absolute Gasteiger partial charge is 0.326 e. The van der Waals surface area contributed by atoms with Crippen molar-refractivity contribution in [2.45, 2.75) is 138 Å². The molecule has 0 unspecified atom stereocenters. The maximum atomic E-state index is 14.1. The number of carbonyl (C=O) groups excluding carboxylic acids is 11. The van der Waals surface area contributed by atoms with Crippen LogP contribution in [-0.4, -0.2) is 204 Å². The van der Waals surface area contributed by atoms with Crippen LogP contribution in [0.5, 0.6) is 5.75 Å². The number of carboxylic acids is 2. The van der Waals surface area contributed by atoms with E-state index in [4.69, 9.17) is 22.9 Å². The molecule has 1 aromatic carbocycles. The Bertz CT molecular complexity index is 2550. The molecule has 2 aromatic rings. The minimum absolute atomic E-state index is 0.161. The number of imidazole rings is 1. The molecule has 11 amide bonds. The molecule has 0 radical (unpaired) electrons. The summed E-state index contributed by atoms with van der Waals surface area (Å²) in [5, 5.41) is 79.7. The summed E-state index contributed by atoms with van der Waals surface area (Å²) in [6.07, 6.45) is -0.463. The number of hydrogen-bond acceptors (Lipinski definition) is 20. The molecule has 1 heterocycles. The number of primary amides is 2. The second-order valence-corrected chi connectivity index (χ2v) is 19.3. The van der Waals surface area contributed by atoms with Gasteiger partial charge in [-0.05, 0) is 55.8 Å². The number of aliphatic hydroxyl groups is 3. The summed E-state index contributed by atoms with van der Waals surface area (Å²) in [7, 11) is 0. The quantitative estimate of drug-likeness (QED) is 0.0276. The van der Waals surface area contributed by atoms with E-state index in [1.54, 1.807) is 0 Å². The van der Waals surface area contributed by atoms with Crippen LogP contribution in [0.4, 0.5) is 0 Å². The van der Waals surface area contributed by atoms with E-state index < -0.39 is 208 Å². The third-order valence-corrected chi connectivity index (χ3v) is 12.2. The Labute approximate surface area is 474 Å². The van der Waals surface area contributed by atoms with Crippen LogP contribution in [0, 0.1) is 5.92 Å². The number of aliphatic carboxylic acids is 2. The Morgan fingerprint density at radius 2 is 0.952 bits per heavy atom. The summed E-state index contributed by atoms with van der Waals surface area (Å²) in [6.45, 7) is -0.238. The van der Waals surface area contributed by atoms with Crippen molar-refractivity contribution >= 4 is 76.9 Å². The number of aliphatic hydroxyl groups excluding tert-OH is 3. The van der Waals surface area contributed by atoms with E-state index in [2.05, 4.69) is 57.8 Å². The third kappa shape index (κ3) is 25.2. The van der Waals surface area contributed by atoms with Crippen molar-refractivity contribution in [1.82, 2.24) is 57.8 Å². The number of carbonyl (C=O) groups is 13. The first kappa shape index (κ1) is 70.2. The molecule has 0 bridgehead atoms. The van der Waals surface area contributed by atoms with E-state index in [1.807, 2.05) is 0 Å². The Hall–Kier alpha value is -8.86. The number of aromatic nitrogens is 2. The standard InChI is InChI=1S/C49H75N15O19/c1-23(2)39(49(82)83)64-42(75)29(11-13-38(71)72)57-46(79)33(19-65)62-43(76)30(15-24-6-8-26(68)9-7-24)59-47(80)34(20-66)61-41(74)28(10-12-36(52)69)56-44(77)31(16-25-18-54-22-55-25)60-48(81)35(21-67)63-45(78)32(17-37(53)70)58-40(73)27(51)5-3-4-14-50/h6-9,18,22-23,27-35,39,65-68H,3-5,10-17,19-21,50-51H2,1-2H3,(H2,52,69)(H2,53,70)(H,54,55)(H,56,77)(H,57,79)(H,58,73)(H,59,80)(H,60,81)(H,61,74)(H,62,76)(H,63,78)(H,64,75)(H,71,72)(H,82,83)/t27-,28-,29-,30-,31-,32-,33-,34-,35-,39-/m0/s1. The minimum Gasteiger partial charge on any atom is -0.508 e. The number of benzene rings is 1. The number of unbranched alkanes of at least 4 members (excludes halogenated alkanes) is 1. The number of nitrogens with one attached hydrogen (secondary N) is 10. The third-order valence-electron chi connectivity index (χ3n) is 12.2.